The predicted octanol–water partition coefficient (Wildman–Crippen LogP) is 4.37. The number of nitrogens with zero attached hydrogens (tertiary/aromatic N) is 1. The molecule has 3 nitrogen and oxygen atoms in total. The molecule has 0 aromatic heterocycles. The second-order valence-corrected chi connectivity index (χ2v) is 8.25. The molecule has 3 aromatic carbocycles. The van der Waals surface area contributed by atoms with Gasteiger partial charge in [0, 0.05) is 16.7 Å². The van der Waals surface area contributed by atoms with Crippen molar-refractivity contribution in [3.05, 3.63) is 95.1 Å². The van der Waals surface area contributed by atoms with Crippen LogP contribution in [0.5, 0.6) is 0 Å². The Balaban J connectivity index is 1.59. The number of imide groups is 1. The van der Waals surface area contributed by atoms with Crippen molar-refractivity contribution in [1.82, 2.24) is 0 Å². The quantitative estimate of drug-likeness (QED) is 0.500. The molecule has 1 aliphatic heterocycles. The normalized spacial score (nSPS) is 26.8. The summed E-state index contributed by atoms with van der Waals surface area (Å²) in [5, 5.41) is 0. The van der Waals surface area contributed by atoms with Crippen molar-refractivity contribution < 1.29 is 9.59 Å². The molecule has 7 rings (SSSR count). The van der Waals surface area contributed by atoms with Gasteiger partial charge in [-0.25, -0.2) is 4.90 Å². The van der Waals surface area contributed by atoms with E-state index >= 15 is 0 Å². The van der Waals surface area contributed by atoms with Gasteiger partial charge < -0.3 is 0 Å². The number of thiol groups is 1. The lowest BCUT2D eigenvalue weighted by molar-refractivity contribution is -0.122. The number of para-hydroxylation sites is 1. The molecular weight excluding hydrogens is 366 g/mol. The van der Waals surface area contributed by atoms with E-state index in [9.17, 15) is 9.59 Å². The Morgan fingerprint density at radius 3 is 1.43 bits per heavy atom. The van der Waals surface area contributed by atoms with E-state index in [0.717, 1.165) is 0 Å². The first kappa shape index (κ1) is 16.1. The van der Waals surface area contributed by atoms with E-state index in [0.29, 0.717) is 10.6 Å². The first-order valence-corrected chi connectivity index (χ1v) is 9.96. The number of amides is 2. The topological polar surface area (TPSA) is 37.4 Å². The van der Waals surface area contributed by atoms with Crippen LogP contribution in [0.25, 0.3) is 0 Å². The summed E-state index contributed by atoms with van der Waals surface area (Å²) in [5.74, 6) is -1.05. The molecule has 1 saturated heterocycles. The van der Waals surface area contributed by atoms with Crippen LogP contribution < -0.4 is 4.90 Å². The molecule has 1 heterocycles. The molecule has 0 saturated carbocycles. The van der Waals surface area contributed by atoms with Crippen molar-refractivity contribution >= 4 is 30.1 Å². The van der Waals surface area contributed by atoms with Gasteiger partial charge in [0.1, 0.15) is 0 Å². The molecule has 28 heavy (non-hydrogen) atoms. The van der Waals surface area contributed by atoms with Gasteiger partial charge in [-0.15, -0.1) is 12.6 Å². The van der Waals surface area contributed by atoms with Crippen LogP contribution >= 0.6 is 12.6 Å². The Labute approximate surface area is 168 Å². The van der Waals surface area contributed by atoms with Crippen molar-refractivity contribution in [1.29, 1.82) is 0 Å². The van der Waals surface area contributed by atoms with E-state index in [1.54, 1.807) is 6.07 Å². The zero-order valence-electron chi connectivity index (χ0n) is 14.9. The number of anilines is 1. The fraction of sp³-hybridized carbons (Fsp3) is 0.167. The van der Waals surface area contributed by atoms with Crippen LogP contribution in [-0.2, 0) is 9.59 Å². The molecule has 4 aliphatic rings. The van der Waals surface area contributed by atoms with Crippen LogP contribution in [0.4, 0.5) is 5.69 Å². The molecular formula is C24H17NO2S. The smallest absolute Gasteiger partial charge is 0.238 e. The van der Waals surface area contributed by atoms with E-state index in [-0.39, 0.29) is 35.5 Å². The third-order valence-electron chi connectivity index (χ3n) is 6.57. The Bertz CT molecular complexity index is 1060. The summed E-state index contributed by atoms with van der Waals surface area (Å²) in [6, 6.07) is 23.9. The van der Waals surface area contributed by atoms with Crippen molar-refractivity contribution in [2.45, 2.75) is 16.7 Å². The molecule has 2 amide bonds. The van der Waals surface area contributed by atoms with Gasteiger partial charge in [0.15, 0.2) is 0 Å². The van der Waals surface area contributed by atoms with Crippen molar-refractivity contribution in [2.24, 2.45) is 11.8 Å². The summed E-state index contributed by atoms with van der Waals surface area (Å²) >= 11 is 4.50. The number of rotatable bonds is 1. The minimum Gasteiger partial charge on any atom is -0.274 e. The average Bonchev–Trinajstić information content (AvgIpc) is 2.99. The molecule has 3 aromatic rings. The summed E-state index contributed by atoms with van der Waals surface area (Å²) in [7, 11) is 0. The highest BCUT2D eigenvalue weighted by Crippen LogP contribution is 2.61. The van der Waals surface area contributed by atoms with E-state index in [1.165, 1.54) is 27.2 Å². The fourth-order valence-electron chi connectivity index (χ4n) is 5.57. The highest BCUT2D eigenvalue weighted by Gasteiger charge is 2.61. The van der Waals surface area contributed by atoms with E-state index < -0.39 is 0 Å². The highest BCUT2D eigenvalue weighted by atomic mass is 32.1. The molecule has 136 valence electrons. The molecule has 1 fully saturated rings. The molecule has 0 spiro atoms. The molecule has 0 N–H and O–H groups in total. The zero-order chi connectivity index (χ0) is 19.0. The lowest BCUT2D eigenvalue weighted by Gasteiger charge is -2.45. The van der Waals surface area contributed by atoms with Crippen LogP contribution in [0.2, 0.25) is 0 Å². The monoisotopic (exact) mass is 383 g/mol. The Morgan fingerprint density at radius 2 is 1.00 bits per heavy atom. The van der Waals surface area contributed by atoms with Crippen LogP contribution in [0.1, 0.15) is 34.1 Å². The minimum absolute atomic E-state index is 0.0732. The molecule has 4 heteroatoms. The van der Waals surface area contributed by atoms with Gasteiger partial charge in [-0.3, -0.25) is 9.59 Å². The fourth-order valence-corrected chi connectivity index (χ4v) is 5.83. The molecule has 2 atom stereocenters. The number of carbonyl (C=O) groups excluding carboxylic acids is 2. The number of carbonyl (C=O) groups is 2. The van der Waals surface area contributed by atoms with Gasteiger partial charge in [-0.2, -0.15) is 0 Å². The molecule has 2 bridgehead atoms. The van der Waals surface area contributed by atoms with E-state index in [1.807, 2.05) is 42.5 Å². The summed E-state index contributed by atoms with van der Waals surface area (Å²) in [6.45, 7) is 0. The van der Waals surface area contributed by atoms with Crippen molar-refractivity contribution in [2.75, 3.05) is 4.90 Å². The maximum atomic E-state index is 13.6. The van der Waals surface area contributed by atoms with Crippen molar-refractivity contribution in [3.63, 3.8) is 0 Å². The van der Waals surface area contributed by atoms with Gasteiger partial charge in [0.2, 0.25) is 11.8 Å². The second-order valence-electron chi connectivity index (χ2n) is 7.77. The zero-order valence-corrected chi connectivity index (χ0v) is 15.8. The predicted molar refractivity (Wildman–Crippen MR) is 110 cm³/mol. The van der Waals surface area contributed by atoms with Gasteiger partial charge in [0.05, 0.1) is 17.5 Å². The number of hydrogen-bond acceptors (Lipinski definition) is 3. The standard InChI is InChI=1S/C24H17NO2S/c26-23-21-19-13-7-1-2-8-14(13)20(16-10-4-3-9-15(16)19)22(21)24(27)25(23)17-11-5-6-12-18(17)28/h1-12,19-22,28H/t19?,20?,21-,22+. The Hall–Kier alpha value is -2.85. The van der Waals surface area contributed by atoms with Gasteiger partial charge in [-0.05, 0) is 34.4 Å². The minimum atomic E-state index is -0.352. The van der Waals surface area contributed by atoms with Crippen LogP contribution in [0.3, 0.4) is 0 Å². The number of benzene rings is 3. The lowest BCUT2D eigenvalue weighted by atomic mass is 9.55. The first-order valence-electron chi connectivity index (χ1n) is 9.52. The molecule has 0 radical (unpaired) electrons. The maximum Gasteiger partial charge on any atom is 0.238 e. The third kappa shape index (κ3) is 1.86. The van der Waals surface area contributed by atoms with Crippen LogP contribution in [-0.4, -0.2) is 11.8 Å². The highest BCUT2D eigenvalue weighted by molar-refractivity contribution is 7.80. The Kier molecular flexibility index (Phi) is 3.22. The van der Waals surface area contributed by atoms with Gasteiger partial charge in [-0.1, -0.05) is 60.7 Å². The summed E-state index contributed by atoms with van der Waals surface area (Å²) in [4.78, 5) is 29.2. The summed E-state index contributed by atoms with van der Waals surface area (Å²) in [5.41, 5.74) is 5.34. The van der Waals surface area contributed by atoms with Crippen LogP contribution in [0, 0.1) is 11.8 Å². The average molecular weight is 383 g/mol. The first-order chi connectivity index (χ1) is 13.7. The van der Waals surface area contributed by atoms with Crippen LogP contribution in [0.15, 0.2) is 77.7 Å². The van der Waals surface area contributed by atoms with E-state index in [4.69, 9.17) is 0 Å². The second kappa shape index (κ2) is 5.58. The van der Waals surface area contributed by atoms with E-state index in [2.05, 4.69) is 36.9 Å². The molecule has 3 aliphatic carbocycles. The lowest BCUT2D eigenvalue weighted by Crippen LogP contribution is -2.41. The largest absolute Gasteiger partial charge is 0.274 e. The van der Waals surface area contributed by atoms with Crippen molar-refractivity contribution in [3.8, 4) is 0 Å². The number of hydrogen-bond donors (Lipinski definition) is 1. The summed E-state index contributed by atoms with van der Waals surface area (Å²) < 4.78 is 0. The van der Waals surface area contributed by atoms with Gasteiger partial charge >= 0.3 is 0 Å². The Morgan fingerprint density at radius 1 is 0.607 bits per heavy atom. The SMILES string of the molecule is O=C1[C@@H]2C3c4ccccc4C(c4ccccc43)[C@@H]2C(=O)N1c1ccccc1S. The maximum absolute atomic E-state index is 13.6. The summed E-state index contributed by atoms with van der Waals surface area (Å²) in [6.07, 6.45) is 0. The van der Waals surface area contributed by atoms with Gasteiger partial charge in [0.25, 0.3) is 0 Å². The molecule has 0 unspecified atom stereocenters. The third-order valence-corrected chi connectivity index (χ3v) is 6.95.